The van der Waals surface area contributed by atoms with Crippen molar-refractivity contribution in [3.63, 3.8) is 0 Å². The number of amides is 2. The molecule has 0 radical (unpaired) electrons. The standard InChI is InChI=1S/C24H18N4O5S/c1-14-3-9-20(15(2)11-14)27-23(30)19(22(29)26-24(27)34)12-16-4-7-18(8-5-16)33-21-10-6-17(13-25-21)28(31)32/h3-13H,1-2H3,(H,26,29,34). The minimum atomic E-state index is -0.577. The van der Waals surface area contributed by atoms with E-state index in [4.69, 9.17) is 17.0 Å². The Labute approximate surface area is 199 Å². The van der Waals surface area contributed by atoms with Crippen LogP contribution in [0, 0.1) is 24.0 Å². The quantitative estimate of drug-likeness (QED) is 0.193. The first-order chi connectivity index (χ1) is 16.2. The Bertz CT molecular complexity index is 1350. The molecule has 0 aliphatic carbocycles. The van der Waals surface area contributed by atoms with E-state index in [0.717, 1.165) is 17.3 Å². The molecule has 0 bridgehead atoms. The van der Waals surface area contributed by atoms with Crippen LogP contribution in [0.15, 0.2) is 66.4 Å². The molecule has 1 saturated heterocycles. The van der Waals surface area contributed by atoms with Crippen molar-refractivity contribution in [1.29, 1.82) is 0 Å². The maximum absolute atomic E-state index is 13.2. The van der Waals surface area contributed by atoms with Gasteiger partial charge in [-0.15, -0.1) is 0 Å². The largest absolute Gasteiger partial charge is 0.439 e. The summed E-state index contributed by atoms with van der Waals surface area (Å²) < 4.78 is 5.59. The molecule has 2 amide bonds. The summed E-state index contributed by atoms with van der Waals surface area (Å²) in [5.41, 5.74) is 2.90. The maximum atomic E-state index is 13.2. The number of nitro groups is 1. The Morgan fingerprint density at radius 3 is 2.44 bits per heavy atom. The zero-order valence-electron chi connectivity index (χ0n) is 18.1. The van der Waals surface area contributed by atoms with E-state index in [1.165, 1.54) is 23.1 Å². The SMILES string of the molecule is Cc1ccc(N2C(=O)C(=Cc3ccc(Oc4ccc([N+](=O)[O-])cn4)cc3)C(=O)NC2=S)c(C)c1. The highest BCUT2D eigenvalue weighted by Gasteiger charge is 2.35. The predicted molar refractivity (Wildman–Crippen MR) is 130 cm³/mol. The summed E-state index contributed by atoms with van der Waals surface area (Å²) in [7, 11) is 0. The van der Waals surface area contributed by atoms with Gasteiger partial charge in [0.2, 0.25) is 5.88 Å². The molecule has 10 heteroatoms. The van der Waals surface area contributed by atoms with Crippen molar-refractivity contribution in [2.75, 3.05) is 4.90 Å². The number of ether oxygens (including phenoxy) is 1. The molecule has 0 atom stereocenters. The van der Waals surface area contributed by atoms with Crippen molar-refractivity contribution >= 4 is 46.6 Å². The van der Waals surface area contributed by atoms with Gasteiger partial charge in [0.25, 0.3) is 17.5 Å². The minimum absolute atomic E-state index is 0.0263. The molecule has 1 aliphatic heterocycles. The summed E-state index contributed by atoms with van der Waals surface area (Å²) in [6.45, 7) is 3.82. The number of pyridine rings is 1. The minimum Gasteiger partial charge on any atom is -0.439 e. The van der Waals surface area contributed by atoms with Crippen LogP contribution in [0.25, 0.3) is 6.08 Å². The second kappa shape index (κ2) is 9.20. The van der Waals surface area contributed by atoms with Gasteiger partial charge >= 0.3 is 0 Å². The fourth-order valence-electron chi connectivity index (χ4n) is 3.39. The predicted octanol–water partition coefficient (Wildman–Crippen LogP) is 4.23. The van der Waals surface area contributed by atoms with Crippen molar-refractivity contribution in [1.82, 2.24) is 10.3 Å². The monoisotopic (exact) mass is 474 g/mol. The first-order valence-corrected chi connectivity index (χ1v) is 10.5. The van der Waals surface area contributed by atoms with Gasteiger partial charge < -0.3 is 4.74 Å². The van der Waals surface area contributed by atoms with E-state index in [2.05, 4.69) is 10.3 Å². The highest BCUT2D eigenvalue weighted by atomic mass is 32.1. The summed E-state index contributed by atoms with van der Waals surface area (Å²) in [6, 6.07) is 14.9. The number of aryl methyl sites for hydroxylation is 2. The van der Waals surface area contributed by atoms with Crippen LogP contribution in [0.2, 0.25) is 0 Å². The van der Waals surface area contributed by atoms with E-state index >= 15 is 0 Å². The number of carbonyl (C=O) groups is 2. The second-order valence-electron chi connectivity index (χ2n) is 7.53. The first-order valence-electron chi connectivity index (χ1n) is 10.1. The molecule has 170 valence electrons. The van der Waals surface area contributed by atoms with Gasteiger partial charge in [0.15, 0.2) is 5.11 Å². The average Bonchev–Trinajstić information content (AvgIpc) is 2.79. The van der Waals surface area contributed by atoms with Crippen LogP contribution in [0.1, 0.15) is 16.7 Å². The van der Waals surface area contributed by atoms with E-state index in [1.807, 2.05) is 26.0 Å². The molecule has 3 aromatic rings. The molecule has 1 N–H and O–H groups in total. The Morgan fingerprint density at radius 2 is 1.82 bits per heavy atom. The molecule has 0 spiro atoms. The molecular weight excluding hydrogens is 456 g/mol. The van der Waals surface area contributed by atoms with E-state index in [1.54, 1.807) is 30.3 Å². The number of hydrogen-bond acceptors (Lipinski definition) is 7. The number of rotatable bonds is 5. The van der Waals surface area contributed by atoms with Crippen molar-refractivity contribution in [2.45, 2.75) is 13.8 Å². The number of benzene rings is 2. The lowest BCUT2D eigenvalue weighted by Crippen LogP contribution is -2.54. The molecule has 1 fully saturated rings. The van der Waals surface area contributed by atoms with Gasteiger partial charge in [-0.05, 0) is 61.5 Å². The lowest BCUT2D eigenvalue weighted by Gasteiger charge is -2.30. The van der Waals surface area contributed by atoms with Gasteiger partial charge in [0.1, 0.15) is 17.5 Å². The highest BCUT2D eigenvalue weighted by Crippen LogP contribution is 2.27. The summed E-state index contributed by atoms with van der Waals surface area (Å²) in [6.07, 6.45) is 2.58. The zero-order chi connectivity index (χ0) is 24.4. The van der Waals surface area contributed by atoms with E-state index in [-0.39, 0.29) is 22.3 Å². The molecule has 4 rings (SSSR count). The number of nitrogens with one attached hydrogen (secondary N) is 1. The lowest BCUT2D eigenvalue weighted by atomic mass is 10.0. The van der Waals surface area contributed by atoms with Gasteiger partial charge in [-0.1, -0.05) is 29.8 Å². The third-order valence-electron chi connectivity index (χ3n) is 5.04. The van der Waals surface area contributed by atoms with Gasteiger partial charge in [-0.25, -0.2) is 4.98 Å². The van der Waals surface area contributed by atoms with Gasteiger partial charge in [0.05, 0.1) is 10.6 Å². The van der Waals surface area contributed by atoms with Crippen molar-refractivity contribution < 1.29 is 19.2 Å². The molecule has 2 heterocycles. The van der Waals surface area contributed by atoms with Crippen molar-refractivity contribution in [3.8, 4) is 11.6 Å². The molecule has 0 unspecified atom stereocenters. The maximum Gasteiger partial charge on any atom is 0.287 e. The Morgan fingerprint density at radius 1 is 1.09 bits per heavy atom. The van der Waals surface area contributed by atoms with Crippen LogP contribution in [0.4, 0.5) is 11.4 Å². The van der Waals surface area contributed by atoms with Crippen LogP contribution in [-0.2, 0) is 9.59 Å². The Hall–Kier alpha value is -4.44. The van der Waals surface area contributed by atoms with Crippen LogP contribution in [-0.4, -0.2) is 26.8 Å². The number of aromatic nitrogens is 1. The van der Waals surface area contributed by atoms with Crippen LogP contribution >= 0.6 is 12.2 Å². The van der Waals surface area contributed by atoms with E-state index < -0.39 is 16.7 Å². The first kappa shape index (κ1) is 22.7. The number of hydrogen-bond donors (Lipinski definition) is 1. The Balaban J connectivity index is 1.56. The summed E-state index contributed by atoms with van der Waals surface area (Å²) in [5.74, 6) is -0.472. The third kappa shape index (κ3) is 4.66. The molecule has 9 nitrogen and oxygen atoms in total. The van der Waals surface area contributed by atoms with Crippen LogP contribution in [0.5, 0.6) is 11.6 Å². The fourth-order valence-corrected chi connectivity index (χ4v) is 3.67. The van der Waals surface area contributed by atoms with E-state index in [9.17, 15) is 19.7 Å². The number of thiocarbonyl (C=S) groups is 1. The molecule has 1 aromatic heterocycles. The summed E-state index contributed by atoms with van der Waals surface area (Å²) in [5, 5.41) is 13.3. The fraction of sp³-hybridized carbons (Fsp3) is 0.0833. The number of nitrogens with zero attached hydrogens (tertiary/aromatic N) is 3. The third-order valence-corrected chi connectivity index (χ3v) is 5.32. The second-order valence-corrected chi connectivity index (χ2v) is 7.92. The summed E-state index contributed by atoms with van der Waals surface area (Å²) in [4.78, 5) is 41.1. The van der Waals surface area contributed by atoms with E-state index in [0.29, 0.717) is 17.0 Å². The molecule has 2 aromatic carbocycles. The summed E-state index contributed by atoms with van der Waals surface area (Å²) >= 11 is 5.26. The van der Waals surface area contributed by atoms with Gasteiger partial charge in [-0.3, -0.25) is 29.9 Å². The lowest BCUT2D eigenvalue weighted by molar-refractivity contribution is -0.385. The van der Waals surface area contributed by atoms with Crippen LogP contribution < -0.4 is 15.0 Å². The molecule has 1 aliphatic rings. The topological polar surface area (TPSA) is 115 Å². The zero-order valence-corrected chi connectivity index (χ0v) is 19.0. The van der Waals surface area contributed by atoms with Crippen LogP contribution in [0.3, 0.4) is 0 Å². The molecule has 34 heavy (non-hydrogen) atoms. The number of carbonyl (C=O) groups excluding carboxylic acids is 2. The van der Waals surface area contributed by atoms with Crippen molar-refractivity contribution in [2.24, 2.45) is 0 Å². The average molecular weight is 474 g/mol. The Kier molecular flexibility index (Phi) is 6.15. The smallest absolute Gasteiger partial charge is 0.287 e. The van der Waals surface area contributed by atoms with Crippen molar-refractivity contribution in [3.05, 3.63) is 93.2 Å². The molecule has 0 saturated carbocycles. The van der Waals surface area contributed by atoms with Gasteiger partial charge in [0, 0.05) is 12.1 Å². The normalized spacial score (nSPS) is 14.8. The number of anilines is 1. The van der Waals surface area contributed by atoms with Gasteiger partial charge in [-0.2, -0.15) is 0 Å². The molecular formula is C24H18N4O5S. The highest BCUT2D eigenvalue weighted by molar-refractivity contribution is 7.80.